The zero-order valence-corrected chi connectivity index (χ0v) is 10.7. The summed E-state index contributed by atoms with van der Waals surface area (Å²) in [6.07, 6.45) is 0.139. The third-order valence-corrected chi connectivity index (χ3v) is 2.85. The van der Waals surface area contributed by atoms with Gasteiger partial charge in [0, 0.05) is 12.5 Å². The maximum atomic E-state index is 13.5. The molecule has 0 spiro atoms. The maximum absolute atomic E-state index is 13.5. The second-order valence-corrected chi connectivity index (χ2v) is 4.73. The molecule has 102 valence electrons. The minimum absolute atomic E-state index is 0.139. The van der Waals surface area contributed by atoms with E-state index in [4.69, 9.17) is 10.3 Å². The van der Waals surface area contributed by atoms with Crippen LogP contribution in [0, 0.1) is 17.6 Å². The fourth-order valence-corrected chi connectivity index (χ4v) is 1.60. The zero-order valence-electron chi connectivity index (χ0n) is 10.7. The van der Waals surface area contributed by atoms with Gasteiger partial charge in [-0.15, -0.1) is 0 Å². The van der Waals surface area contributed by atoms with E-state index in [1.165, 1.54) is 12.1 Å². The monoisotopic (exact) mass is 267 g/mol. The Hall–Kier alpha value is -1.82. The van der Waals surface area contributed by atoms with Gasteiger partial charge in [0.2, 0.25) is 5.89 Å². The number of halogens is 2. The molecule has 0 amide bonds. The van der Waals surface area contributed by atoms with Crippen LogP contribution in [0.3, 0.4) is 0 Å². The van der Waals surface area contributed by atoms with Gasteiger partial charge < -0.3 is 10.3 Å². The molecule has 4 nitrogen and oxygen atoms in total. The maximum Gasteiger partial charge on any atom is 0.243 e. The molecule has 0 saturated carbocycles. The van der Waals surface area contributed by atoms with Crippen LogP contribution in [0.1, 0.15) is 37.2 Å². The van der Waals surface area contributed by atoms with E-state index in [-0.39, 0.29) is 18.4 Å². The van der Waals surface area contributed by atoms with Crippen molar-refractivity contribution in [2.45, 2.75) is 26.3 Å². The summed E-state index contributed by atoms with van der Waals surface area (Å²) >= 11 is 0. The van der Waals surface area contributed by atoms with Crippen LogP contribution in [-0.2, 0) is 6.42 Å². The standard InChI is InChI=1S/C13H15F2N3O/c1-7(2)12(16)13-17-11(18-19-13)5-8-3-4-9(14)6-10(8)15/h3-4,6-7,12H,5,16H2,1-2H3/t12-/m0/s1. The third-order valence-electron chi connectivity index (χ3n) is 2.85. The summed E-state index contributed by atoms with van der Waals surface area (Å²) in [6.45, 7) is 3.88. The highest BCUT2D eigenvalue weighted by Gasteiger charge is 2.18. The van der Waals surface area contributed by atoms with Crippen LogP contribution in [0.15, 0.2) is 22.7 Å². The number of hydrogen-bond acceptors (Lipinski definition) is 4. The molecule has 6 heteroatoms. The lowest BCUT2D eigenvalue weighted by Crippen LogP contribution is -2.17. The lowest BCUT2D eigenvalue weighted by Gasteiger charge is -2.09. The van der Waals surface area contributed by atoms with Crippen LogP contribution in [0.5, 0.6) is 0 Å². The predicted octanol–water partition coefficient (Wildman–Crippen LogP) is 2.59. The van der Waals surface area contributed by atoms with Crippen LogP contribution in [0.25, 0.3) is 0 Å². The van der Waals surface area contributed by atoms with E-state index < -0.39 is 11.6 Å². The average Bonchev–Trinajstić information content (AvgIpc) is 2.80. The summed E-state index contributed by atoms with van der Waals surface area (Å²) in [5, 5.41) is 3.75. The van der Waals surface area contributed by atoms with Gasteiger partial charge >= 0.3 is 0 Å². The molecular formula is C13H15F2N3O. The lowest BCUT2D eigenvalue weighted by molar-refractivity contribution is 0.322. The van der Waals surface area contributed by atoms with Crippen molar-refractivity contribution >= 4 is 0 Å². The van der Waals surface area contributed by atoms with E-state index in [9.17, 15) is 8.78 Å². The second kappa shape index (κ2) is 5.44. The molecule has 0 aliphatic rings. The first-order valence-electron chi connectivity index (χ1n) is 5.99. The highest BCUT2D eigenvalue weighted by Crippen LogP contribution is 2.18. The molecule has 0 fully saturated rings. The van der Waals surface area contributed by atoms with E-state index in [0.717, 1.165) is 6.07 Å². The van der Waals surface area contributed by atoms with E-state index in [2.05, 4.69) is 10.1 Å². The number of rotatable bonds is 4. The molecule has 0 radical (unpaired) electrons. The van der Waals surface area contributed by atoms with Crippen molar-refractivity contribution in [3.05, 3.63) is 47.1 Å². The van der Waals surface area contributed by atoms with Crippen LogP contribution < -0.4 is 5.73 Å². The molecule has 0 unspecified atom stereocenters. The third kappa shape index (κ3) is 3.14. The summed E-state index contributed by atoms with van der Waals surface area (Å²) < 4.78 is 31.3. The Morgan fingerprint density at radius 3 is 2.68 bits per heavy atom. The van der Waals surface area contributed by atoms with Crippen molar-refractivity contribution < 1.29 is 13.3 Å². The number of nitrogens with two attached hydrogens (primary N) is 1. The molecule has 19 heavy (non-hydrogen) atoms. The van der Waals surface area contributed by atoms with Gasteiger partial charge in [-0.1, -0.05) is 25.1 Å². The highest BCUT2D eigenvalue weighted by molar-refractivity contribution is 5.21. The van der Waals surface area contributed by atoms with Gasteiger partial charge in [0.25, 0.3) is 0 Å². The molecule has 0 aliphatic heterocycles. The Labute approximate surface area is 109 Å². The number of aromatic nitrogens is 2. The summed E-state index contributed by atoms with van der Waals surface area (Å²) in [7, 11) is 0. The fraction of sp³-hybridized carbons (Fsp3) is 0.385. The lowest BCUT2D eigenvalue weighted by atomic mass is 10.1. The van der Waals surface area contributed by atoms with Gasteiger partial charge in [0.15, 0.2) is 5.82 Å². The van der Waals surface area contributed by atoms with Gasteiger partial charge in [0.05, 0.1) is 6.04 Å². The second-order valence-electron chi connectivity index (χ2n) is 4.73. The van der Waals surface area contributed by atoms with Crippen LogP contribution in [0.4, 0.5) is 8.78 Å². The van der Waals surface area contributed by atoms with Crippen LogP contribution in [-0.4, -0.2) is 10.1 Å². The summed E-state index contributed by atoms with van der Waals surface area (Å²) in [5.41, 5.74) is 6.19. The van der Waals surface area contributed by atoms with E-state index in [1.54, 1.807) is 0 Å². The Bertz CT molecular complexity index is 569. The Morgan fingerprint density at radius 2 is 2.05 bits per heavy atom. The molecular weight excluding hydrogens is 252 g/mol. The first-order valence-corrected chi connectivity index (χ1v) is 5.99. The van der Waals surface area contributed by atoms with E-state index in [1.807, 2.05) is 13.8 Å². The van der Waals surface area contributed by atoms with Crippen molar-refractivity contribution in [1.82, 2.24) is 10.1 Å². The average molecular weight is 267 g/mol. The van der Waals surface area contributed by atoms with Crippen LogP contribution in [0.2, 0.25) is 0 Å². The number of hydrogen-bond donors (Lipinski definition) is 1. The SMILES string of the molecule is CC(C)[C@H](N)c1nc(Cc2ccc(F)cc2F)no1. The first kappa shape index (κ1) is 13.6. The highest BCUT2D eigenvalue weighted by atomic mass is 19.1. The van der Waals surface area contributed by atoms with Gasteiger partial charge in [-0.2, -0.15) is 4.98 Å². The van der Waals surface area contributed by atoms with E-state index in [0.29, 0.717) is 17.3 Å². The topological polar surface area (TPSA) is 64.9 Å². The Balaban J connectivity index is 2.16. The quantitative estimate of drug-likeness (QED) is 0.924. The Kier molecular flexibility index (Phi) is 3.90. The molecule has 0 aliphatic carbocycles. The normalized spacial score (nSPS) is 12.9. The predicted molar refractivity (Wildman–Crippen MR) is 65.2 cm³/mol. The molecule has 1 atom stereocenters. The minimum atomic E-state index is -0.625. The zero-order chi connectivity index (χ0) is 14.0. The number of benzene rings is 1. The van der Waals surface area contributed by atoms with Gasteiger partial charge in [-0.05, 0) is 17.5 Å². The molecule has 2 N–H and O–H groups in total. The van der Waals surface area contributed by atoms with Gasteiger partial charge in [-0.25, -0.2) is 8.78 Å². The largest absolute Gasteiger partial charge is 0.338 e. The molecule has 1 aromatic heterocycles. The fourth-order valence-electron chi connectivity index (χ4n) is 1.60. The molecule has 0 saturated heterocycles. The minimum Gasteiger partial charge on any atom is -0.338 e. The van der Waals surface area contributed by atoms with Crippen LogP contribution >= 0.6 is 0 Å². The van der Waals surface area contributed by atoms with Crippen molar-refractivity contribution in [2.75, 3.05) is 0 Å². The number of nitrogens with zero attached hydrogens (tertiary/aromatic N) is 2. The van der Waals surface area contributed by atoms with Crippen molar-refractivity contribution in [3.63, 3.8) is 0 Å². The smallest absolute Gasteiger partial charge is 0.243 e. The Morgan fingerprint density at radius 1 is 1.32 bits per heavy atom. The summed E-state index contributed by atoms with van der Waals surface area (Å²) in [5.74, 6) is -0.420. The van der Waals surface area contributed by atoms with Crippen molar-refractivity contribution in [1.29, 1.82) is 0 Å². The van der Waals surface area contributed by atoms with Gasteiger partial charge in [0.1, 0.15) is 11.6 Å². The molecule has 1 aromatic carbocycles. The summed E-state index contributed by atoms with van der Waals surface area (Å²) in [4.78, 5) is 4.13. The van der Waals surface area contributed by atoms with Crippen molar-refractivity contribution in [3.8, 4) is 0 Å². The van der Waals surface area contributed by atoms with Gasteiger partial charge in [-0.3, -0.25) is 0 Å². The molecule has 1 heterocycles. The summed E-state index contributed by atoms with van der Waals surface area (Å²) in [6, 6.07) is 3.04. The van der Waals surface area contributed by atoms with E-state index >= 15 is 0 Å². The molecule has 2 rings (SSSR count). The first-order chi connectivity index (χ1) is 8.97. The molecule has 0 bridgehead atoms. The van der Waals surface area contributed by atoms with Crippen molar-refractivity contribution in [2.24, 2.45) is 11.7 Å². The molecule has 2 aromatic rings.